The molecule has 0 aliphatic rings. The molecule has 2 aromatic carbocycles. The third-order valence-corrected chi connectivity index (χ3v) is 4.09. The van der Waals surface area contributed by atoms with E-state index in [2.05, 4.69) is 62.9 Å². The Balaban J connectivity index is 2.15. The largest absolute Gasteiger partial charge is 0.378 e. The van der Waals surface area contributed by atoms with E-state index in [4.69, 9.17) is 0 Å². The molecule has 18 heavy (non-hydrogen) atoms. The van der Waals surface area contributed by atoms with Gasteiger partial charge in [-0.25, -0.2) is 4.39 Å². The van der Waals surface area contributed by atoms with Crippen LogP contribution in [0.15, 0.2) is 46.9 Å². The molecule has 0 aliphatic carbocycles. The van der Waals surface area contributed by atoms with Crippen molar-refractivity contribution >= 4 is 44.2 Å². The number of halogens is 3. The Morgan fingerprint density at radius 3 is 2.44 bits per heavy atom. The van der Waals surface area contributed by atoms with E-state index in [9.17, 15) is 4.39 Å². The average molecular weight is 420 g/mol. The zero-order valence-corrected chi connectivity index (χ0v) is 13.5. The van der Waals surface area contributed by atoms with Crippen molar-refractivity contribution in [2.75, 3.05) is 5.32 Å². The van der Waals surface area contributed by atoms with E-state index in [1.807, 2.05) is 12.1 Å². The van der Waals surface area contributed by atoms with Crippen LogP contribution in [0.3, 0.4) is 0 Å². The summed E-state index contributed by atoms with van der Waals surface area (Å²) in [6.45, 7) is 2.09. The Morgan fingerprint density at radius 1 is 1.17 bits per heavy atom. The molecule has 1 unspecified atom stereocenters. The Labute approximate surface area is 128 Å². The van der Waals surface area contributed by atoms with Crippen LogP contribution in [0.1, 0.15) is 18.5 Å². The van der Waals surface area contributed by atoms with Crippen LogP contribution in [0, 0.1) is 9.39 Å². The van der Waals surface area contributed by atoms with E-state index in [0.29, 0.717) is 0 Å². The number of anilines is 1. The molecule has 0 aromatic heterocycles. The third-order valence-electron chi connectivity index (χ3n) is 2.67. The van der Waals surface area contributed by atoms with Crippen LogP contribution in [0.2, 0.25) is 0 Å². The van der Waals surface area contributed by atoms with E-state index in [0.717, 1.165) is 13.7 Å². The lowest BCUT2D eigenvalue weighted by molar-refractivity contribution is 0.627. The van der Waals surface area contributed by atoms with Gasteiger partial charge in [0, 0.05) is 19.8 Å². The summed E-state index contributed by atoms with van der Waals surface area (Å²) >= 11 is 5.55. The molecule has 2 aromatic rings. The lowest BCUT2D eigenvalue weighted by Crippen LogP contribution is -2.07. The highest BCUT2D eigenvalue weighted by Gasteiger charge is 2.07. The first kappa shape index (κ1) is 13.8. The Bertz CT molecular complexity index is 542. The highest BCUT2D eigenvalue weighted by atomic mass is 127. The minimum Gasteiger partial charge on any atom is -0.378 e. The third kappa shape index (κ3) is 3.45. The molecule has 0 saturated carbocycles. The molecule has 0 heterocycles. The smallest absolute Gasteiger partial charge is 0.124 e. The summed E-state index contributed by atoms with van der Waals surface area (Å²) in [4.78, 5) is 0. The van der Waals surface area contributed by atoms with E-state index in [1.54, 1.807) is 6.07 Å². The number of benzene rings is 2. The molecule has 0 aliphatic heterocycles. The van der Waals surface area contributed by atoms with Crippen molar-refractivity contribution in [2.24, 2.45) is 0 Å². The monoisotopic (exact) mass is 419 g/mol. The number of hydrogen-bond donors (Lipinski definition) is 1. The van der Waals surface area contributed by atoms with Crippen molar-refractivity contribution < 1.29 is 4.39 Å². The van der Waals surface area contributed by atoms with Gasteiger partial charge in [-0.2, -0.15) is 0 Å². The maximum absolute atomic E-state index is 13.0. The predicted octanol–water partition coefficient (Wildman–Crippen LogP) is 5.37. The van der Waals surface area contributed by atoms with Gasteiger partial charge in [0.1, 0.15) is 5.82 Å². The van der Waals surface area contributed by atoms with Gasteiger partial charge in [0.25, 0.3) is 0 Å². The van der Waals surface area contributed by atoms with Crippen molar-refractivity contribution in [3.63, 3.8) is 0 Å². The predicted molar refractivity (Wildman–Crippen MR) is 85.3 cm³/mol. The fourth-order valence-corrected chi connectivity index (χ4v) is 2.57. The van der Waals surface area contributed by atoms with Crippen molar-refractivity contribution in [3.8, 4) is 0 Å². The number of nitrogens with one attached hydrogen (secondary N) is 1. The summed E-state index contributed by atoms with van der Waals surface area (Å²) in [7, 11) is 0. The van der Waals surface area contributed by atoms with Crippen LogP contribution in [-0.2, 0) is 0 Å². The van der Waals surface area contributed by atoms with E-state index >= 15 is 0 Å². The zero-order valence-electron chi connectivity index (χ0n) is 9.75. The number of rotatable bonds is 3. The molecule has 0 radical (unpaired) electrons. The molecule has 94 valence electrons. The topological polar surface area (TPSA) is 12.0 Å². The standard InChI is InChI=1S/C14H12BrFIN/c1-9(10-2-4-11(15)5-3-10)18-14-7-6-12(16)8-13(14)17/h2-9,18H,1H3. The molecule has 0 fully saturated rings. The van der Waals surface area contributed by atoms with Crippen LogP contribution >= 0.6 is 38.5 Å². The summed E-state index contributed by atoms with van der Waals surface area (Å²) in [5, 5.41) is 3.38. The summed E-state index contributed by atoms with van der Waals surface area (Å²) in [5.41, 5.74) is 2.14. The number of hydrogen-bond acceptors (Lipinski definition) is 1. The molecule has 2 rings (SSSR count). The van der Waals surface area contributed by atoms with Crippen molar-refractivity contribution in [2.45, 2.75) is 13.0 Å². The van der Waals surface area contributed by atoms with Crippen LogP contribution in [0.5, 0.6) is 0 Å². The second-order valence-electron chi connectivity index (χ2n) is 4.04. The van der Waals surface area contributed by atoms with Gasteiger partial charge in [0.15, 0.2) is 0 Å². The normalized spacial score (nSPS) is 12.2. The van der Waals surface area contributed by atoms with E-state index in [-0.39, 0.29) is 11.9 Å². The molecule has 4 heteroatoms. The van der Waals surface area contributed by atoms with Gasteiger partial charge in [-0.1, -0.05) is 28.1 Å². The summed E-state index contributed by atoms with van der Waals surface area (Å²) < 4.78 is 15.0. The van der Waals surface area contributed by atoms with Crippen LogP contribution in [0.4, 0.5) is 10.1 Å². The molecule has 1 atom stereocenters. The molecule has 1 nitrogen and oxygen atoms in total. The van der Waals surface area contributed by atoms with Gasteiger partial charge in [-0.3, -0.25) is 0 Å². The first-order valence-electron chi connectivity index (χ1n) is 5.53. The fraction of sp³-hybridized carbons (Fsp3) is 0.143. The fourth-order valence-electron chi connectivity index (χ4n) is 1.67. The van der Waals surface area contributed by atoms with Crippen LogP contribution < -0.4 is 5.32 Å². The summed E-state index contributed by atoms with van der Waals surface area (Å²) in [5.74, 6) is -0.207. The van der Waals surface area contributed by atoms with Gasteiger partial charge in [-0.05, 0) is 65.4 Å². The quantitative estimate of drug-likeness (QED) is 0.660. The Hall–Kier alpha value is -0.620. The lowest BCUT2D eigenvalue weighted by Gasteiger charge is -2.17. The lowest BCUT2D eigenvalue weighted by atomic mass is 10.1. The first-order valence-corrected chi connectivity index (χ1v) is 7.40. The minimum atomic E-state index is -0.207. The molecule has 0 spiro atoms. The van der Waals surface area contributed by atoms with Crippen LogP contribution in [-0.4, -0.2) is 0 Å². The molecule has 1 N–H and O–H groups in total. The summed E-state index contributed by atoms with van der Waals surface area (Å²) in [6.07, 6.45) is 0. The molecular weight excluding hydrogens is 408 g/mol. The van der Waals surface area contributed by atoms with Crippen LogP contribution in [0.25, 0.3) is 0 Å². The SMILES string of the molecule is CC(Nc1ccc(F)cc1I)c1ccc(Br)cc1. The maximum atomic E-state index is 13.0. The average Bonchev–Trinajstić information content (AvgIpc) is 2.33. The van der Waals surface area contributed by atoms with Gasteiger partial charge >= 0.3 is 0 Å². The van der Waals surface area contributed by atoms with Crippen molar-refractivity contribution in [1.82, 2.24) is 0 Å². The van der Waals surface area contributed by atoms with E-state index < -0.39 is 0 Å². The van der Waals surface area contributed by atoms with Gasteiger partial charge in [0.05, 0.1) is 0 Å². The van der Waals surface area contributed by atoms with Gasteiger partial charge < -0.3 is 5.32 Å². The highest BCUT2D eigenvalue weighted by Crippen LogP contribution is 2.25. The molecule has 0 bridgehead atoms. The second-order valence-corrected chi connectivity index (χ2v) is 6.12. The molecule has 0 amide bonds. The summed E-state index contributed by atoms with van der Waals surface area (Å²) in [6, 6.07) is 13.1. The van der Waals surface area contributed by atoms with Crippen molar-refractivity contribution in [1.29, 1.82) is 0 Å². The Morgan fingerprint density at radius 2 is 1.83 bits per heavy atom. The van der Waals surface area contributed by atoms with Gasteiger partial charge in [0.2, 0.25) is 0 Å². The first-order chi connectivity index (χ1) is 8.56. The Kier molecular flexibility index (Phi) is 4.61. The van der Waals surface area contributed by atoms with E-state index in [1.165, 1.54) is 17.7 Å². The molecular formula is C14H12BrFIN. The van der Waals surface area contributed by atoms with Gasteiger partial charge in [-0.15, -0.1) is 0 Å². The molecule has 0 saturated heterocycles. The minimum absolute atomic E-state index is 0.178. The maximum Gasteiger partial charge on any atom is 0.124 e. The second kappa shape index (κ2) is 6.02. The highest BCUT2D eigenvalue weighted by molar-refractivity contribution is 14.1. The zero-order chi connectivity index (χ0) is 13.1. The van der Waals surface area contributed by atoms with Crippen molar-refractivity contribution in [3.05, 3.63) is 61.9 Å².